The van der Waals surface area contributed by atoms with Crippen molar-refractivity contribution in [3.8, 4) is 22.1 Å². The van der Waals surface area contributed by atoms with Gasteiger partial charge in [0.1, 0.15) is 17.1 Å². The Kier molecular flexibility index (Phi) is 4.85. The fourth-order valence-electron chi connectivity index (χ4n) is 2.59. The molecule has 1 N–H and O–H groups in total. The van der Waals surface area contributed by atoms with Gasteiger partial charge in [-0.05, 0) is 38.1 Å². The predicted octanol–water partition coefficient (Wildman–Crippen LogP) is 2.77. The zero-order valence-corrected chi connectivity index (χ0v) is 15.3. The van der Waals surface area contributed by atoms with Crippen LogP contribution in [0.25, 0.3) is 16.4 Å². The number of nitrogens with one attached hydrogen (secondary N) is 1. The van der Waals surface area contributed by atoms with Gasteiger partial charge in [0.15, 0.2) is 5.78 Å². The molecule has 0 aliphatic rings. The highest BCUT2D eigenvalue weighted by Crippen LogP contribution is 2.25. The summed E-state index contributed by atoms with van der Waals surface area (Å²) in [6.45, 7) is 2.95. The van der Waals surface area contributed by atoms with Crippen LogP contribution in [0.4, 0.5) is 0 Å². The van der Waals surface area contributed by atoms with Gasteiger partial charge in [-0.2, -0.15) is 4.68 Å². The van der Waals surface area contributed by atoms with Crippen molar-refractivity contribution < 1.29 is 14.3 Å². The van der Waals surface area contributed by atoms with E-state index in [0.29, 0.717) is 16.5 Å². The Labute approximate surface area is 153 Å². The third kappa shape index (κ3) is 3.36. The smallest absolute Gasteiger partial charge is 0.284 e. The zero-order chi connectivity index (χ0) is 18.8. The number of H-pyrrole nitrogens is 1. The lowest BCUT2D eigenvalue weighted by atomic mass is 10.1. The summed E-state index contributed by atoms with van der Waals surface area (Å²) >= 11 is 1.28. The van der Waals surface area contributed by atoms with Crippen molar-refractivity contribution in [3.63, 3.8) is 0 Å². The van der Waals surface area contributed by atoms with Crippen LogP contribution in [0.1, 0.15) is 29.4 Å². The number of aromatic nitrogens is 3. The van der Waals surface area contributed by atoms with Crippen molar-refractivity contribution in [1.29, 1.82) is 0 Å². The lowest BCUT2D eigenvalue weighted by Crippen LogP contribution is -2.21. The third-order valence-electron chi connectivity index (χ3n) is 3.83. The molecule has 0 unspecified atom stereocenters. The van der Waals surface area contributed by atoms with Crippen LogP contribution in [0.3, 0.4) is 0 Å². The number of rotatable bonds is 6. The number of hydrogen-bond acceptors (Lipinski definition) is 6. The summed E-state index contributed by atoms with van der Waals surface area (Å²) in [6, 6.07) is 7.42. The van der Waals surface area contributed by atoms with E-state index >= 15 is 0 Å². The van der Waals surface area contributed by atoms with E-state index in [9.17, 15) is 14.4 Å². The lowest BCUT2D eigenvalue weighted by molar-refractivity contribution is -0.116. The van der Waals surface area contributed by atoms with Gasteiger partial charge in [-0.3, -0.25) is 19.5 Å². The van der Waals surface area contributed by atoms with Crippen LogP contribution in [0.2, 0.25) is 0 Å². The third-order valence-corrected chi connectivity index (χ3v) is 4.65. The molecule has 3 rings (SSSR count). The SMILES string of the molecule is COc1ccc(-c2csc(-n3[nH]c(C)c(C(=O)CC(C)=O)c3=O)n2)cc1. The van der Waals surface area contributed by atoms with E-state index < -0.39 is 11.3 Å². The number of methoxy groups -OCH3 is 1. The molecule has 3 aromatic rings. The number of benzene rings is 1. The maximum Gasteiger partial charge on any atom is 0.284 e. The van der Waals surface area contributed by atoms with Crippen LogP contribution in [0.5, 0.6) is 5.75 Å². The number of hydrogen-bond donors (Lipinski definition) is 1. The Hall–Kier alpha value is -3.00. The quantitative estimate of drug-likeness (QED) is 0.531. The monoisotopic (exact) mass is 371 g/mol. The average Bonchev–Trinajstić information content (AvgIpc) is 3.19. The van der Waals surface area contributed by atoms with Crippen LogP contribution in [-0.4, -0.2) is 33.4 Å². The normalized spacial score (nSPS) is 10.7. The molecule has 2 heterocycles. The number of carbonyl (C=O) groups excluding carboxylic acids is 2. The Morgan fingerprint density at radius 2 is 1.96 bits per heavy atom. The fourth-order valence-corrected chi connectivity index (χ4v) is 3.38. The molecule has 0 spiro atoms. The van der Waals surface area contributed by atoms with Gasteiger partial charge in [0.2, 0.25) is 5.13 Å². The molecule has 8 heteroatoms. The molecule has 0 amide bonds. The number of nitrogens with zero attached hydrogens (tertiary/aromatic N) is 2. The van der Waals surface area contributed by atoms with E-state index in [1.807, 2.05) is 29.6 Å². The molecule has 0 aliphatic heterocycles. The second kappa shape index (κ2) is 7.09. The number of ether oxygens (including phenoxy) is 1. The second-order valence-electron chi connectivity index (χ2n) is 5.80. The van der Waals surface area contributed by atoms with Gasteiger partial charge in [-0.15, -0.1) is 11.3 Å². The molecule has 0 atom stereocenters. The van der Waals surface area contributed by atoms with Crippen molar-refractivity contribution in [2.45, 2.75) is 20.3 Å². The number of carbonyl (C=O) groups is 2. The molecule has 1 aromatic carbocycles. The standard InChI is InChI=1S/C18H17N3O4S/c1-10(22)8-15(23)16-11(2)20-21(17(16)24)18-19-14(9-26-18)12-4-6-13(25-3)7-5-12/h4-7,9,20H,8H2,1-3H3. The number of Topliss-reactive ketones (excluding diaryl/α,β-unsaturated/α-hetero) is 2. The van der Waals surface area contributed by atoms with Crippen molar-refractivity contribution in [1.82, 2.24) is 14.8 Å². The summed E-state index contributed by atoms with van der Waals surface area (Å²) in [6.07, 6.45) is -0.289. The predicted molar refractivity (Wildman–Crippen MR) is 98.4 cm³/mol. The fraction of sp³-hybridized carbons (Fsp3) is 0.222. The van der Waals surface area contributed by atoms with Gasteiger partial charge in [0, 0.05) is 16.6 Å². The highest BCUT2D eigenvalue weighted by molar-refractivity contribution is 7.12. The van der Waals surface area contributed by atoms with E-state index in [4.69, 9.17) is 4.74 Å². The van der Waals surface area contributed by atoms with Crippen molar-refractivity contribution >= 4 is 22.9 Å². The van der Waals surface area contributed by atoms with Gasteiger partial charge in [0.25, 0.3) is 5.56 Å². The van der Waals surface area contributed by atoms with E-state index in [1.165, 1.54) is 22.9 Å². The summed E-state index contributed by atoms with van der Waals surface area (Å²) in [5.74, 6) is -0.0198. The van der Waals surface area contributed by atoms with Gasteiger partial charge in [-0.1, -0.05) is 0 Å². The second-order valence-corrected chi connectivity index (χ2v) is 6.63. The molecule has 26 heavy (non-hydrogen) atoms. The largest absolute Gasteiger partial charge is 0.497 e. The molecule has 0 saturated heterocycles. The molecule has 0 aliphatic carbocycles. The molecule has 0 bridgehead atoms. The van der Waals surface area contributed by atoms with E-state index in [1.54, 1.807) is 14.0 Å². The van der Waals surface area contributed by atoms with E-state index in [0.717, 1.165) is 11.3 Å². The van der Waals surface area contributed by atoms with Gasteiger partial charge < -0.3 is 4.74 Å². The molecule has 0 radical (unpaired) electrons. The van der Waals surface area contributed by atoms with Gasteiger partial charge >= 0.3 is 0 Å². The topological polar surface area (TPSA) is 94.0 Å². The van der Waals surface area contributed by atoms with E-state index in [2.05, 4.69) is 10.1 Å². The van der Waals surface area contributed by atoms with Crippen LogP contribution >= 0.6 is 11.3 Å². The van der Waals surface area contributed by atoms with Crippen LogP contribution in [-0.2, 0) is 4.79 Å². The summed E-state index contributed by atoms with van der Waals surface area (Å²) < 4.78 is 6.37. The number of aryl methyl sites for hydroxylation is 1. The van der Waals surface area contributed by atoms with Gasteiger partial charge in [0.05, 0.1) is 19.2 Å². The summed E-state index contributed by atoms with van der Waals surface area (Å²) in [7, 11) is 1.60. The molecule has 134 valence electrons. The molecule has 7 nitrogen and oxygen atoms in total. The minimum atomic E-state index is -0.496. The average molecular weight is 371 g/mol. The Balaban J connectivity index is 1.95. The number of aromatic amines is 1. The highest BCUT2D eigenvalue weighted by Gasteiger charge is 2.21. The first-order chi connectivity index (χ1) is 12.4. The summed E-state index contributed by atoms with van der Waals surface area (Å²) in [5, 5.41) is 5.12. The lowest BCUT2D eigenvalue weighted by Gasteiger charge is -2.00. The first kappa shape index (κ1) is 17.8. The molecular weight excluding hydrogens is 354 g/mol. The zero-order valence-electron chi connectivity index (χ0n) is 14.5. The number of ketones is 2. The number of thiazole rings is 1. The van der Waals surface area contributed by atoms with Gasteiger partial charge in [-0.25, -0.2) is 4.98 Å². The van der Waals surface area contributed by atoms with Crippen LogP contribution < -0.4 is 10.3 Å². The first-order valence-electron chi connectivity index (χ1n) is 7.85. The molecule has 0 fully saturated rings. The molecule has 0 saturated carbocycles. The molecule has 2 aromatic heterocycles. The Morgan fingerprint density at radius 3 is 2.58 bits per heavy atom. The minimum absolute atomic E-state index is 0.00129. The Bertz CT molecular complexity index is 1030. The van der Waals surface area contributed by atoms with E-state index in [-0.39, 0.29) is 17.8 Å². The van der Waals surface area contributed by atoms with Crippen LogP contribution in [0, 0.1) is 6.92 Å². The highest BCUT2D eigenvalue weighted by atomic mass is 32.1. The maximum absolute atomic E-state index is 12.6. The Morgan fingerprint density at radius 1 is 1.27 bits per heavy atom. The van der Waals surface area contributed by atoms with Crippen molar-refractivity contribution in [2.75, 3.05) is 7.11 Å². The minimum Gasteiger partial charge on any atom is -0.497 e. The maximum atomic E-state index is 12.6. The van der Waals surface area contributed by atoms with Crippen LogP contribution in [0.15, 0.2) is 34.4 Å². The van der Waals surface area contributed by atoms with Crippen molar-refractivity contribution in [2.24, 2.45) is 0 Å². The molecular formula is C18H17N3O4S. The summed E-state index contributed by atoms with van der Waals surface area (Å²) in [5.41, 5.74) is 1.52. The van der Waals surface area contributed by atoms with Crippen molar-refractivity contribution in [3.05, 3.63) is 51.3 Å². The first-order valence-corrected chi connectivity index (χ1v) is 8.73. The summed E-state index contributed by atoms with van der Waals surface area (Å²) in [4.78, 5) is 40.4.